The van der Waals surface area contributed by atoms with Crippen LogP contribution in [0.25, 0.3) is 0 Å². The predicted molar refractivity (Wildman–Crippen MR) is 116 cm³/mol. The van der Waals surface area contributed by atoms with Gasteiger partial charge in [-0.1, -0.05) is 36.4 Å². The van der Waals surface area contributed by atoms with Crippen LogP contribution in [-0.2, 0) is 20.9 Å². The number of hydrogen-bond acceptors (Lipinski definition) is 5. The number of methoxy groups -OCH3 is 1. The maximum Gasteiger partial charge on any atom is 0.302 e. The Labute approximate surface area is 178 Å². The van der Waals surface area contributed by atoms with Gasteiger partial charge in [0.05, 0.1) is 7.11 Å². The Morgan fingerprint density at radius 3 is 2.57 bits per heavy atom. The molecule has 1 aliphatic rings. The Bertz CT molecular complexity index is 832. The molecule has 30 heavy (non-hydrogen) atoms. The molecule has 6 nitrogen and oxygen atoms in total. The van der Waals surface area contributed by atoms with Crippen molar-refractivity contribution in [3.8, 4) is 11.5 Å². The van der Waals surface area contributed by atoms with Gasteiger partial charge in [0.1, 0.15) is 6.10 Å². The molecule has 1 aromatic rings. The zero-order valence-corrected chi connectivity index (χ0v) is 17.9. The van der Waals surface area contributed by atoms with Crippen LogP contribution < -0.4 is 10.1 Å². The Morgan fingerprint density at radius 1 is 1.23 bits per heavy atom. The number of phenols is 1. The molecule has 0 aliphatic heterocycles. The first-order valence-corrected chi connectivity index (χ1v) is 10.1. The van der Waals surface area contributed by atoms with E-state index in [0.29, 0.717) is 23.8 Å². The van der Waals surface area contributed by atoms with Crippen molar-refractivity contribution in [2.24, 2.45) is 5.92 Å². The molecular weight excluding hydrogens is 382 g/mol. The first-order valence-electron chi connectivity index (χ1n) is 10.1. The summed E-state index contributed by atoms with van der Waals surface area (Å²) >= 11 is 0. The van der Waals surface area contributed by atoms with E-state index in [1.807, 2.05) is 12.2 Å². The third kappa shape index (κ3) is 7.10. The molecular formula is C24H31NO5. The molecule has 1 amide bonds. The topological polar surface area (TPSA) is 84.9 Å². The molecule has 0 bridgehead atoms. The molecule has 162 valence electrons. The molecule has 0 spiro atoms. The third-order valence-electron chi connectivity index (χ3n) is 5.24. The Balaban J connectivity index is 1.80. The minimum absolute atomic E-state index is 0.0231. The predicted octanol–water partition coefficient (Wildman–Crippen LogP) is 4.20. The van der Waals surface area contributed by atoms with Crippen molar-refractivity contribution in [3.05, 3.63) is 59.7 Å². The Hall–Kier alpha value is -3.02. The van der Waals surface area contributed by atoms with Crippen LogP contribution in [0.4, 0.5) is 0 Å². The Morgan fingerprint density at radius 2 is 1.93 bits per heavy atom. The number of ether oxygens (including phenoxy) is 2. The van der Waals surface area contributed by atoms with Gasteiger partial charge in [-0.2, -0.15) is 0 Å². The van der Waals surface area contributed by atoms with Crippen molar-refractivity contribution in [2.75, 3.05) is 7.11 Å². The van der Waals surface area contributed by atoms with Crippen LogP contribution in [0.5, 0.6) is 11.5 Å². The van der Waals surface area contributed by atoms with Crippen LogP contribution in [0, 0.1) is 5.92 Å². The van der Waals surface area contributed by atoms with E-state index in [4.69, 9.17) is 9.47 Å². The number of benzene rings is 1. The highest BCUT2D eigenvalue weighted by Crippen LogP contribution is 2.31. The fourth-order valence-corrected chi connectivity index (χ4v) is 3.47. The summed E-state index contributed by atoms with van der Waals surface area (Å²) < 4.78 is 10.3. The number of carbonyl (C=O) groups excluding carboxylic acids is 2. The van der Waals surface area contributed by atoms with E-state index >= 15 is 0 Å². The number of carbonyl (C=O) groups is 2. The fourth-order valence-electron chi connectivity index (χ4n) is 3.47. The molecule has 0 radical (unpaired) electrons. The highest BCUT2D eigenvalue weighted by atomic mass is 16.5. The number of nitrogens with one attached hydrogen (secondary N) is 1. The molecule has 1 aromatic carbocycles. The van der Waals surface area contributed by atoms with Gasteiger partial charge >= 0.3 is 5.97 Å². The number of esters is 1. The molecule has 1 aliphatic carbocycles. The third-order valence-corrected chi connectivity index (χ3v) is 5.24. The minimum atomic E-state index is -0.222. The molecule has 0 aromatic heterocycles. The van der Waals surface area contributed by atoms with Crippen molar-refractivity contribution in [2.45, 2.75) is 52.2 Å². The summed E-state index contributed by atoms with van der Waals surface area (Å²) in [6.45, 7) is 7.68. The molecule has 1 saturated carbocycles. The lowest BCUT2D eigenvalue weighted by atomic mass is 9.83. The monoisotopic (exact) mass is 413 g/mol. The van der Waals surface area contributed by atoms with Crippen molar-refractivity contribution in [1.29, 1.82) is 0 Å². The number of allylic oxidation sites excluding steroid dienone is 4. The quantitative estimate of drug-likeness (QED) is 0.379. The van der Waals surface area contributed by atoms with E-state index in [0.717, 1.165) is 36.8 Å². The highest BCUT2D eigenvalue weighted by Gasteiger charge is 2.23. The number of phenolic OH excluding ortho intramolecular Hbond substituents is 1. The molecule has 0 unspecified atom stereocenters. The van der Waals surface area contributed by atoms with Crippen LogP contribution in [-0.4, -0.2) is 30.2 Å². The summed E-state index contributed by atoms with van der Waals surface area (Å²) in [6.07, 6.45) is 9.18. The second-order valence-corrected chi connectivity index (χ2v) is 7.56. The van der Waals surface area contributed by atoms with Crippen LogP contribution in [0.15, 0.2) is 54.2 Å². The normalized spacial score (nSPS) is 19.4. The van der Waals surface area contributed by atoms with Gasteiger partial charge < -0.3 is 19.9 Å². The zero-order chi connectivity index (χ0) is 22.1. The maximum absolute atomic E-state index is 12.3. The number of hydrogen-bond donors (Lipinski definition) is 2. The smallest absolute Gasteiger partial charge is 0.302 e. The van der Waals surface area contributed by atoms with Crippen molar-refractivity contribution in [1.82, 2.24) is 5.32 Å². The minimum Gasteiger partial charge on any atom is -0.504 e. The van der Waals surface area contributed by atoms with Gasteiger partial charge in [0.15, 0.2) is 11.5 Å². The van der Waals surface area contributed by atoms with Gasteiger partial charge in [-0.25, -0.2) is 0 Å². The van der Waals surface area contributed by atoms with Gasteiger partial charge in [0.2, 0.25) is 5.91 Å². The summed E-state index contributed by atoms with van der Waals surface area (Å²) in [6, 6.07) is 4.96. The number of amides is 1. The van der Waals surface area contributed by atoms with Gasteiger partial charge in [0, 0.05) is 19.0 Å². The van der Waals surface area contributed by atoms with E-state index in [-0.39, 0.29) is 23.7 Å². The first kappa shape index (κ1) is 23.3. The second-order valence-electron chi connectivity index (χ2n) is 7.56. The molecule has 0 atom stereocenters. The summed E-state index contributed by atoms with van der Waals surface area (Å²) in [5.74, 6) is 0.422. The van der Waals surface area contributed by atoms with E-state index in [1.54, 1.807) is 25.1 Å². The van der Waals surface area contributed by atoms with Crippen molar-refractivity contribution < 1.29 is 24.2 Å². The van der Waals surface area contributed by atoms with Gasteiger partial charge in [0.25, 0.3) is 0 Å². The Kier molecular flexibility index (Phi) is 8.71. The van der Waals surface area contributed by atoms with Gasteiger partial charge in [-0.15, -0.1) is 0 Å². The summed E-state index contributed by atoms with van der Waals surface area (Å²) in [5, 5.41) is 12.5. The van der Waals surface area contributed by atoms with Crippen molar-refractivity contribution >= 4 is 11.9 Å². The van der Waals surface area contributed by atoms with Crippen LogP contribution >= 0.6 is 0 Å². The fraction of sp³-hybridized carbons (Fsp3) is 0.417. The summed E-state index contributed by atoms with van der Waals surface area (Å²) in [4.78, 5) is 23.3. The average molecular weight is 414 g/mol. The van der Waals surface area contributed by atoms with Crippen LogP contribution in [0.2, 0.25) is 0 Å². The molecule has 1 fully saturated rings. The van der Waals surface area contributed by atoms with Crippen molar-refractivity contribution in [3.63, 3.8) is 0 Å². The molecule has 0 saturated heterocycles. The van der Waals surface area contributed by atoms with E-state index < -0.39 is 0 Å². The lowest BCUT2D eigenvalue weighted by molar-refractivity contribution is -0.148. The van der Waals surface area contributed by atoms with Crippen LogP contribution in [0.1, 0.15) is 45.1 Å². The standard InChI is InChI=1S/C24H31NO5/c1-16(20-9-11-21(12-10-20)30-18(3)26)6-5-7-17(2)24(28)25-15-19-8-13-22(27)23(14-19)29-4/h5-8,13-14,20-21,27H,1,9-12,15H2,2-4H3,(H,25,28)/b6-5-,17-7+. The second kappa shape index (κ2) is 11.2. The molecule has 6 heteroatoms. The van der Waals surface area contributed by atoms with E-state index in [1.165, 1.54) is 20.1 Å². The SMILES string of the molecule is C=C(/C=C\C=C(/C)C(=O)NCc1ccc(O)c(OC)c1)C1CCC(OC(C)=O)CC1. The van der Waals surface area contributed by atoms with Crippen LogP contribution in [0.3, 0.4) is 0 Å². The first-order chi connectivity index (χ1) is 14.3. The highest BCUT2D eigenvalue weighted by molar-refractivity contribution is 5.93. The number of rotatable bonds is 8. The largest absolute Gasteiger partial charge is 0.504 e. The lowest BCUT2D eigenvalue weighted by Crippen LogP contribution is -2.24. The summed E-state index contributed by atoms with van der Waals surface area (Å²) in [7, 11) is 1.48. The lowest BCUT2D eigenvalue weighted by Gasteiger charge is -2.28. The zero-order valence-electron chi connectivity index (χ0n) is 17.9. The van der Waals surface area contributed by atoms with E-state index in [2.05, 4.69) is 11.9 Å². The summed E-state index contributed by atoms with van der Waals surface area (Å²) in [5.41, 5.74) is 2.44. The number of aromatic hydroxyl groups is 1. The molecule has 2 rings (SSSR count). The average Bonchev–Trinajstić information content (AvgIpc) is 2.72. The van der Waals surface area contributed by atoms with Gasteiger partial charge in [-0.3, -0.25) is 9.59 Å². The van der Waals surface area contributed by atoms with Gasteiger partial charge in [-0.05, 0) is 56.2 Å². The molecule has 2 N–H and O–H groups in total. The maximum atomic E-state index is 12.3. The van der Waals surface area contributed by atoms with E-state index in [9.17, 15) is 14.7 Å². The molecule has 0 heterocycles.